The van der Waals surface area contributed by atoms with E-state index in [1.54, 1.807) is 6.07 Å². The van der Waals surface area contributed by atoms with E-state index in [0.29, 0.717) is 17.9 Å². The number of hydrogen-bond acceptors (Lipinski definition) is 3. The van der Waals surface area contributed by atoms with Crippen molar-refractivity contribution in [3.63, 3.8) is 0 Å². The molecule has 0 aromatic heterocycles. The first-order valence-corrected chi connectivity index (χ1v) is 7.89. The van der Waals surface area contributed by atoms with Gasteiger partial charge in [0.25, 0.3) is 0 Å². The summed E-state index contributed by atoms with van der Waals surface area (Å²) in [5.41, 5.74) is 2.64. The van der Waals surface area contributed by atoms with Gasteiger partial charge in [0.2, 0.25) is 0 Å². The van der Waals surface area contributed by atoms with Crippen molar-refractivity contribution >= 4 is 5.57 Å². The molecule has 0 N–H and O–H groups in total. The minimum atomic E-state index is -4.72. The molecule has 0 amide bonds. The highest BCUT2D eigenvalue weighted by atomic mass is 19.4. The maximum absolute atomic E-state index is 12.4. The first-order valence-electron chi connectivity index (χ1n) is 7.89. The second-order valence-electron chi connectivity index (χ2n) is 6.16. The Balaban J connectivity index is 1.97. The van der Waals surface area contributed by atoms with E-state index >= 15 is 0 Å². The predicted octanol–water partition coefficient (Wildman–Crippen LogP) is 5.46. The van der Waals surface area contributed by atoms with Gasteiger partial charge in [0, 0.05) is 0 Å². The van der Waals surface area contributed by atoms with Gasteiger partial charge in [-0.05, 0) is 54.9 Å². The molecule has 124 valence electrons. The number of hydrogen-bond donors (Lipinski definition) is 0. The van der Waals surface area contributed by atoms with Crippen LogP contribution < -0.4 is 4.74 Å². The van der Waals surface area contributed by atoms with Crippen LogP contribution in [0.15, 0.2) is 35.0 Å². The smallest absolute Gasteiger partial charge is 0.406 e. The molecule has 0 bridgehead atoms. The number of ether oxygens (including phenoxy) is 1. The van der Waals surface area contributed by atoms with Crippen molar-refractivity contribution < 1.29 is 17.9 Å². The minimum Gasteiger partial charge on any atom is -0.406 e. The van der Waals surface area contributed by atoms with Crippen molar-refractivity contribution in [2.45, 2.75) is 50.9 Å². The van der Waals surface area contributed by atoms with Crippen molar-refractivity contribution in [1.29, 1.82) is 0 Å². The Morgan fingerprint density at radius 1 is 1.13 bits per heavy atom. The van der Waals surface area contributed by atoms with Crippen LogP contribution in [0.2, 0.25) is 0 Å². The molecule has 0 radical (unpaired) electrons. The Hall–Kier alpha value is -1.85. The van der Waals surface area contributed by atoms with Crippen molar-refractivity contribution in [3.05, 3.63) is 40.3 Å². The van der Waals surface area contributed by atoms with Gasteiger partial charge in [-0.1, -0.05) is 35.7 Å². The molecule has 0 saturated heterocycles. The second kappa shape index (κ2) is 6.34. The molecule has 0 aliphatic heterocycles. The normalized spacial score (nSPS) is 22.7. The Kier molecular flexibility index (Phi) is 4.41. The minimum absolute atomic E-state index is 0.259. The van der Waals surface area contributed by atoms with E-state index in [1.807, 2.05) is 0 Å². The summed E-state index contributed by atoms with van der Waals surface area (Å²) >= 11 is 0. The average Bonchev–Trinajstić information content (AvgIpc) is 3.14. The molecule has 1 aromatic carbocycles. The molecule has 2 aliphatic rings. The van der Waals surface area contributed by atoms with Gasteiger partial charge in [-0.15, -0.1) is 13.2 Å². The number of allylic oxidation sites excluding steroid dienone is 1. The largest absolute Gasteiger partial charge is 0.573 e. The molecular formula is C17H18F3NO2. The van der Waals surface area contributed by atoms with Gasteiger partial charge >= 0.3 is 6.36 Å². The molecular weight excluding hydrogens is 307 g/mol. The molecule has 1 unspecified atom stereocenters. The van der Waals surface area contributed by atoms with E-state index < -0.39 is 12.4 Å². The molecule has 23 heavy (non-hydrogen) atoms. The van der Waals surface area contributed by atoms with E-state index in [0.717, 1.165) is 37.7 Å². The van der Waals surface area contributed by atoms with Crippen LogP contribution in [0.4, 0.5) is 13.2 Å². The van der Waals surface area contributed by atoms with E-state index in [-0.39, 0.29) is 5.75 Å². The SMILES string of the molecule is O=NC1CCC(C2CCCC2)=C1c1cccc(OC(F)(F)F)c1. The average molecular weight is 325 g/mol. The molecule has 1 fully saturated rings. The number of halogens is 3. The van der Waals surface area contributed by atoms with E-state index in [9.17, 15) is 18.1 Å². The lowest BCUT2D eigenvalue weighted by Crippen LogP contribution is -2.17. The first kappa shape index (κ1) is 16.0. The van der Waals surface area contributed by atoms with E-state index in [2.05, 4.69) is 9.91 Å². The number of benzene rings is 1. The predicted molar refractivity (Wildman–Crippen MR) is 80.8 cm³/mol. The Morgan fingerprint density at radius 3 is 2.52 bits per heavy atom. The number of nitroso groups, excluding NO2 is 1. The highest BCUT2D eigenvalue weighted by molar-refractivity contribution is 5.76. The van der Waals surface area contributed by atoms with Gasteiger partial charge in [0.15, 0.2) is 0 Å². The highest BCUT2D eigenvalue weighted by Crippen LogP contribution is 2.45. The first-order chi connectivity index (χ1) is 11.0. The lowest BCUT2D eigenvalue weighted by molar-refractivity contribution is -0.274. The zero-order valence-electron chi connectivity index (χ0n) is 12.6. The molecule has 0 spiro atoms. The summed E-state index contributed by atoms with van der Waals surface area (Å²) in [6.07, 6.45) is 1.23. The Morgan fingerprint density at radius 2 is 1.87 bits per heavy atom. The lowest BCUT2D eigenvalue weighted by atomic mass is 9.90. The van der Waals surface area contributed by atoms with Crippen LogP contribution in [-0.2, 0) is 0 Å². The van der Waals surface area contributed by atoms with Gasteiger partial charge in [0.05, 0.1) is 0 Å². The third kappa shape index (κ3) is 3.57. The topological polar surface area (TPSA) is 38.7 Å². The van der Waals surface area contributed by atoms with Crippen molar-refractivity contribution in [2.24, 2.45) is 11.1 Å². The fourth-order valence-corrected chi connectivity index (χ4v) is 3.83. The van der Waals surface area contributed by atoms with E-state index in [1.165, 1.54) is 23.8 Å². The maximum atomic E-state index is 12.4. The summed E-state index contributed by atoms with van der Waals surface area (Å²) in [4.78, 5) is 11.2. The quantitative estimate of drug-likeness (QED) is 0.690. The van der Waals surface area contributed by atoms with Crippen LogP contribution >= 0.6 is 0 Å². The Labute approximate surface area is 132 Å². The molecule has 3 rings (SSSR count). The summed E-state index contributed by atoms with van der Waals surface area (Å²) < 4.78 is 41.2. The third-order valence-corrected chi connectivity index (χ3v) is 4.72. The molecule has 3 nitrogen and oxygen atoms in total. The van der Waals surface area contributed by atoms with Crippen LogP contribution in [0.3, 0.4) is 0 Å². The monoisotopic (exact) mass is 325 g/mol. The van der Waals surface area contributed by atoms with E-state index in [4.69, 9.17) is 0 Å². The third-order valence-electron chi connectivity index (χ3n) is 4.72. The van der Waals surface area contributed by atoms with Crippen LogP contribution in [0.25, 0.3) is 5.57 Å². The summed E-state index contributed by atoms with van der Waals surface area (Å²) in [5, 5.41) is 3.20. The highest BCUT2D eigenvalue weighted by Gasteiger charge is 2.34. The van der Waals surface area contributed by atoms with Gasteiger partial charge in [-0.25, -0.2) is 0 Å². The summed E-state index contributed by atoms with van der Waals surface area (Å²) in [7, 11) is 0. The molecule has 1 aromatic rings. The maximum Gasteiger partial charge on any atom is 0.573 e. The second-order valence-corrected chi connectivity index (χ2v) is 6.16. The zero-order chi connectivity index (χ0) is 16.4. The standard InChI is InChI=1S/C17H18F3NO2/c18-17(19,20)23-13-7-3-6-12(10-13)16-14(8-9-15(16)21-22)11-4-1-2-5-11/h3,6-7,10-11,15H,1-2,4-5,8-9H2. The lowest BCUT2D eigenvalue weighted by Gasteiger charge is -2.16. The molecule has 1 atom stereocenters. The molecule has 6 heteroatoms. The fraction of sp³-hybridized carbons (Fsp3) is 0.529. The van der Waals surface area contributed by atoms with Crippen LogP contribution in [0, 0.1) is 10.8 Å². The summed E-state index contributed by atoms with van der Waals surface area (Å²) in [5.74, 6) is 0.175. The van der Waals surface area contributed by atoms with Crippen molar-refractivity contribution in [1.82, 2.24) is 0 Å². The van der Waals surface area contributed by atoms with Gasteiger partial charge in [0.1, 0.15) is 11.8 Å². The summed E-state index contributed by atoms with van der Waals surface area (Å²) in [6.45, 7) is 0. The zero-order valence-corrected chi connectivity index (χ0v) is 12.6. The van der Waals surface area contributed by atoms with Gasteiger partial charge in [-0.3, -0.25) is 0 Å². The van der Waals surface area contributed by atoms with Crippen LogP contribution in [-0.4, -0.2) is 12.4 Å². The molecule has 2 aliphatic carbocycles. The van der Waals surface area contributed by atoms with Crippen LogP contribution in [0.1, 0.15) is 44.1 Å². The fourth-order valence-electron chi connectivity index (χ4n) is 3.83. The number of rotatable bonds is 4. The van der Waals surface area contributed by atoms with Crippen molar-refractivity contribution in [3.8, 4) is 5.75 Å². The molecule has 1 saturated carbocycles. The number of alkyl halides is 3. The van der Waals surface area contributed by atoms with Gasteiger partial charge in [-0.2, -0.15) is 4.91 Å². The van der Waals surface area contributed by atoms with Crippen molar-refractivity contribution in [2.75, 3.05) is 0 Å². The van der Waals surface area contributed by atoms with Gasteiger partial charge < -0.3 is 4.74 Å². The number of nitrogens with zero attached hydrogens (tertiary/aromatic N) is 1. The summed E-state index contributed by atoms with van der Waals surface area (Å²) in [6, 6.07) is 5.42. The Bertz CT molecular complexity index is 619. The molecule has 0 heterocycles. The van der Waals surface area contributed by atoms with Crippen LogP contribution in [0.5, 0.6) is 5.75 Å².